The fraction of sp³-hybridized carbons (Fsp3) is 0.235. The average Bonchev–Trinajstić information content (AvgIpc) is 2.53. The molecule has 7 heteroatoms. The average molecular weight is 341 g/mol. The zero-order valence-electron chi connectivity index (χ0n) is 12.7. The lowest BCUT2D eigenvalue weighted by molar-refractivity contribution is -0.137. The third kappa shape index (κ3) is 4.47. The Bertz CT molecular complexity index is 698. The van der Waals surface area contributed by atoms with Gasteiger partial charge in [0.15, 0.2) is 17.7 Å². The van der Waals surface area contributed by atoms with E-state index in [1.165, 1.54) is 18.2 Å². The molecule has 1 atom stereocenters. The van der Waals surface area contributed by atoms with Crippen LogP contribution < -0.4 is 10.1 Å². The van der Waals surface area contributed by atoms with Crippen LogP contribution in [0.15, 0.2) is 48.5 Å². The SMILES string of the molecule is CC[C@@H](Oc1ccccc1F)C(=O)Nc1ccc(C(F)(F)F)cc1. The highest BCUT2D eigenvalue weighted by Crippen LogP contribution is 2.30. The van der Waals surface area contributed by atoms with Crippen molar-refractivity contribution in [3.05, 3.63) is 59.9 Å². The van der Waals surface area contributed by atoms with Crippen LogP contribution in [-0.4, -0.2) is 12.0 Å². The molecule has 0 saturated heterocycles. The summed E-state index contributed by atoms with van der Waals surface area (Å²) in [6, 6.07) is 9.69. The van der Waals surface area contributed by atoms with E-state index in [1.54, 1.807) is 13.0 Å². The van der Waals surface area contributed by atoms with Gasteiger partial charge in [-0.3, -0.25) is 4.79 Å². The smallest absolute Gasteiger partial charge is 0.416 e. The summed E-state index contributed by atoms with van der Waals surface area (Å²) in [4.78, 5) is 12.2. The van der Waals surface area contributed by atoms with E-state index in [2.05, 4.69) is 5.32 Å². The first-order valence-electron chi connectivity index (χ1n) is 7.20. The molecule has 0 spiro atoms. The predicted octanol–water partition coefficient (Wildman–Crippen LogP) is 4.64. The number of carbonyl (C=O) groups excluding carboxylic acids is 1. The maximum atomic E-state index is 13.6. The number of halogens is 4. The molecule has 0 aliphatic rings. The van der Waals surface area contributed by atoms with Crippen LogP contribution >= 0.6 is 0 Å². The van der Waals surface area contributed by atoms with Crippen molar-refractivity contribution in [3.63, 3.8) is 0 Å². The molecule has 0 radical (unpaired) electrons. The minimum absolute atomic E-state index is 0.0630. The van der Waals surface area contributed by atoms with E-state index in [0.29, 0.717) is 0 Å². The first-order valence-corrected chi connectivity index (χ1v) is 7.20. The van der Waals surface area contributed by atoms with E-state index in [-0.39, 0.29) is 17.9 Å². The highest BCUT2D eigenvalue weighted by Gasteiger charge is 2.30. The van der Waals surface area contributed by atoms with Crippen molar-refractivity contribution in [2.75, 3.05) is 5.32 Å². The number of nitrogens with one attached hydrogen (secondary N) is 1. The number of ether oxygens (including phenoxy) is 1. The fourth-order valence-corrected chi connectivity index (χ4v) is 1.98. The second-order valence-electron chi connectivity index (χ2n) is 5.01. The first kappa shape index (κ1) is 17.8. The van der Waals surface area contributed by atoms with Crippen LogP contribution in [-0.2, 0) is 11.0 Å². The predicted molar refractivity (Wildman–Crippen MR) is 81.2 cm³/mol. The monoisotopic (exact) mass is 341 g/mol. The van der Waals surface area contributed by atoms with Crippen LogP contribution in [0.25, 0.3) is 0 Å². The van der Waals surface area contributed by atoms with Gasteiger partial charge < -0.3 is 10.1 Å². The maximum absolute atomic E-state index is 13.6. The molecule has 0 unspecified atom stereocenters. The lowest BCUT2D eigenvalue weighted by Crippen LogP contribution is -2.32. The van der Waals surface area contributed by atoms with Gasteiger partial charge in [-0.15, -0.1) is 0 Å². The summed E-state index contributed by atoms with van der Waals surface area (Å²) < 4.78 is 56.4. The molecular weight excluding hydrogens is 326 g/mol. The summed E-state index contributed by atoms with van der Waals surface area (Å²) >= 11 is 0. The van der Waals surface area contributed by atoms with E-state index in [0.717, 1.165) is 24.3 Å². The highest BCUT2D eigenvalue weighted by molar-refractivity contribution is 5.94. The van der Waals surface area contributed by atoms with Gasteiger partial charge in [-0.25, -0.2) is 4.39 Å². The Morgan fingerprint density at radius 3 is 2.29 bits per heavy atom. The van der Waals surface area contributed by atoms with Crippen LogP contribution in [0.5, 0.6) is 5.75 Å². The third-order valence-electron chi connectivity index (χ3n) is 3.25. The van der Waals surface area contributed by atoms with Crippen LogP contribution in [0.2, 0.25) is 0 Å². The molecule has 0 aliphatic heterocycles. The second kappa shape index (κ2) is 7.33. The van der Waals surface area contributed by atoms with E-state index in [9.17, 15) is 22.4 Å². The molecule has 0 heterocycles. The molecular formula is C17H15F4NO2. The molecule has 1 N–H and O–H groups in total. The van der Waals surface area contributed by atoms with Crippen molar-refractivity contribution in [2.24, 2.45) is 0 Å². The van der Waals surface area contributed by atoms with Crippen molar-refractivity contribution in [1.29, 1.82) is 0 Å². The Morgan fingerprint density at radius 1 is 1.12 bits per heavy atom. The Hall–Kier alpha value is -2.57. The van der Waals surface area contributed by atoms with Gasteiger partial charge in [0, 0.05) is 5.69 Å². The minimum atomic E-state index is -4.44. The molecule has 0 aromatic heterocycles. The summed E-state index contributed by atoms with van der Waals surface area (Å²) in [5.41, 5.74) is -0.612. The molecule has 0 aliphatic carbocycles. The second-order valence-corrected chi connectivity index (χ2v) is 5.01. The summed E-state index contributed by atoms with van der Waals surface area (Å²) in [6.45, 7) is 1.68. The van der Waals surface area contributed by atoms with Crippen LogP contribution in [0, 0.1) is 5.82 Å². The number of alkyl halides is 3. The topological polar surface area (TPSA) is 38.3 Å². The molecule has 1 amide bonds. The van der Waals surface area contributed by atoms with Gasteiger partial charge >= 0.3 is 6.18 Å². The number of para-hydroxylation sites is 1. The van der Waals surface area contributed by atoms with Gasteiger partial charge in [0.1, 0.15) is 0 Å². The van der Waals surface area contributed by atoms with Gasteiger partial charge in [0.25, 0.3) is 5.91 Å². The van der Waals surface area contributed by atoms with Crippen molar-refractivity contribution in [1.82, 2.24) is 0 Å². The van der Waals surface area contributed by atoms with Crippen molar-refractivity contribution in [2.45, 2.75) is 25.6 Å². The molecule has 2 aromatic carbocycles. The van der Waals surface area contributed by atoms with E-state index >= 15 is 0 Å². The molecule has 2 rings (SSSR count). The van der Waals surface area contributed by atoms with Crippen molar-refractivity contribution >= 4 is 11.6 Å². The summed E-state index contributed by atoms with van der Waals surface area (Å²) in [5, 5.41) is 2.46. The van der Waals surface area contributed by atoms with Crippen LogP contribution in [0.4, 0.5) is 23.2 Å². The first-order chi connectivity index (χ1) is 11.3. The van der Waals surface area contributed by atoms with Gasteiger partial charge in [-0.1, -0.05) is 19.1 Å². The van der Waals surface area contributed by atoms with Gasteiger partial charge in [-0.05, 0) is 42.8 Å². The lowest BCUT2D eigenvalue weighted by Gasteiger charge is -2.18. The Labute approximate surface area is 136 Å². The zero-order chi connectivity index (χ0) is 17.7. The van der Waals surface area contributed by atoms with Crippen LogP contribution in [0.1, 0.15) is 18.9 Å². The Balaban J connectivity index is 2.05. The molecule has 0 bridgehead atoms. The van der Waals surface area contributed by atoms with E-state index in [4.69, 9.17) is 4.74 Å². The number of carbonyl (C=O) groups is 1. The largest absolute Gasteiger partial charge is 0.478 e. The van der Waals surface area contributed by atoms with Gasteiger partial charge in [0.2, 0.25) is 0 Å². The highest BCUT2D eigenvalue weighted by atomic mass is 19.4. The summed E-state index contributed by atoms with van der Waals surface area (Å²) in [5.74, 6) is -1.23. The lowest BCUT2D eigenvalue weighted by atomic mass is 10.2. The normalized spacial score (nSPS) is 12.5. The molecule has 128 valence electrons. The quantitative estimate of drug-likeness (QED) is 0.805. The maximum Gasteiger partial charge on any atom is 0.416 e. The molecule has 3 nitrogen and oxygen atoms in total. The molecule has 0 saturated carbocycles. The standard InChI is InChI=1S/C17H15F4NO2/c1-2-14(24-15-6-4-3-5-13(15)18)16(23)22-12-9-7-11(8-10-12)17(19,20)21/h3-10,14H,2H2,1H3,(H,22,23)/t14-/m1/s1. The minimum Gasteiger partial charge on any atom is -0.478 e. The number of amides is 1. The van der Waals surface area contributed by atoms with Crippen molar-refractivity contribution in [3.8, 4) is 5.75 Å². The fourth-order valence-electron chi connectivity index (χ4n) is 1.98. The number of anilines is 1. The summed E-state index contributed by atoms with van der Waals surface area (Å²) in [6.07, 6.45) is -5.15. The third-order valence-corrected chi connectivity index (χ3v) is 3.25. The number of hydrogen-bond acceptors (Lipinski definition) is 2. The van der Waals surface area contributed by atoms with E-state index < -0.39 is 29.6 Å². The summed E-state index contributed by atoms with van der Waals surface area (Å²) in [7, 11) is 0. The number of benzene rings is 2. The zero-order valence-corrected chi connectivity index (χ0v) is 12.7. The van der Waals surface area contributed by atoms with Gasteiger partial charge in [-0.2, -0.15) is 13.2 Å². The van der Waals surface area contributed by atoms with Gasteiger partial charge in [0.05, 0.1) is 5.56 Å². The Kier molecular flexibility index (Phi) is 5.43. The molecule has 0 fully saturated rings. The molecule has 24 heavy (non-hydrogen) atoms. The molecule has 2 aromatic rings. The number of hydrogen-bond donors (Lipinski definition) is 1. The van der Waals surface area contributed by atoms with E-state index in [1.807, 2.05) is 0 Å². The Morgan fingerprint density at radius 2 is 1.75 bits per heavy atom. The van der Waals surface area contributed by atoms with Crippen LogP contribution in [0.3, 0.4) is 0 Å². The van der Waals surface area contributed by atoms with Crippen molar-refractivity contribution < 1.29 is 27.1 Å². The number of rotatable bonds is 5.